The lowest BCUT2D eigenvalue weighted by molar-refractivity contribution is 0.0982. The van der Waals surface area contributed by atoms with Gasteiger partial charge in [0.05, 0.1) is 10.0 Å². The van der Waals surface area contributed by atoms with E-state index in [2.05, 4.69) is 10.3 Å². The molecule has 1 N–H and O–H groups in total. The Bertz CT molecular complexity index is 709. The smallest absolute Gasteiger partial charge is 0.290 e. The van der Waals surface area contributed by atoms with Crippen LogP contribution in [0.5, 0.6) is 0 Å². The van der Waals surface area contributed by atoms with E-state index in [0.717, 1.165) is 11.8 Å². The topological polar surface area (TPSA) is 58.5 Å². The van der Waals surface area contributed by atoms with E-state index in [9.17, 15) is 9.59 Å². The second-order valence-corrected chi connectivity index (χ2v) is 7.02. The van der Waals surface area contributed by atoms with Gasteiger partial charge >= 0.3 is 0 Å². The molecule has 21 heavy (non-hydrogen) atoms. The summed E-state index contributed by atoms with van der Waals surface area (Å²) in [6, 6.07) is 3.26. The van der Waals surface area contributed by atoms with Crippen molar-refractivity contribution in [3.8, 4) is 0 Å². The van der Waals surface area contributed by atoms with Crippen LogP contribution in [0.2, 0.25) is 10.0 Å². The molecule has 9 heteroatoms. The Morgan fingerprint density at radius 3 is 2.19 bits per heavy atom. The predicted molar refractivity (Wildman–Crippen MR) is 91.4 cm³/mol. The number of aliphatic imine (C=N–C) groups is 1. The maximum atomic E-state index is 12.0. The van der Waals surface area contributed by atoms with Gasteiger partial charge in [0.25, 0.3) is 11.8 Å². The summed E-state index contributed by atoms with van der Waals surface area (Å²) in [5.41, 5.74) is 0. The number of hydrogen-bond donors (Lipinski definition) is 1. The number of amides is 2. The molecule has 0 unspecified atom stereocenters. The lowest BCUT2D eigenvalue weighted by atomic mass is 10.4. The molecule has 110 valence electrons. The molecular weight excluding hydrogens is 371 g/mol. The van der Waals surface area contributed by atoms with Crippen molar-refractivity contribution in [3.05, 3.63) is 42.7 Å². The molecule has 0 aromatic carbocycles. The van der Waals surface area contributed by atoms with Gasteiger partial charge in [-0.3, -0.25) is 9.59 Å². The molecular formula is C12H8Cl2N2O2S3. The number of thiophene rings is 2. The summed E-state index contributed by atoms with van der Waals surface area (Å²) in [6.07, 6.45) is 1.71. The molecule has 2 aromatic heterocycles. The zero-order chi connectivity index (χ0) is 15.4. The monoisotopic (exact) mass is 378 g/mol. The maximum absolute atomic E-state index is 12.0. The highest BCUT2D eigenvalue weighted by atomic mass is 35.5. The molecule has 0 atom stereocenters. The van der Waals surface area contributed by atoms with E-state index in [1.165, 1.54) is 22.7 Å². The molecule has 0 bridgehead atoms. The molecule has 2 heterocycles. The Labute approximate surface area is 143 Å². The number of carbonyl (C=O) groups is 2. The fourth-order valence-corrected chi connectivity index (χ4v) is 3.75. The van der Waals surface area contributed by atoms with E-state index >= 15 is 0 Å². The van der Waals surface area contributed by atoms with E-state index < -0.39 is 11.8 Å². The second-order valence-electron chi connectivity index (χ2n) is 3.58. The molecule has 0 saturated carbocycles. The molecule has 2 aromatic rings. The van der Waals surface area contributed by atoms with Crippen molar-refractivity contribution in [1.82, 2.24) is 5.32 Å². The molecule has 0 aliphatic heterocycles. The van der Waals surface area contributed by atoms with E-state index in [4.69, 9.17) is 23.2 Å². The third-order valence-corrected chi connectivity index (χ3v) is 5.50. The fraction of sp³-hybridized carbons (Fsp3) is 0.0833. The molecule has 2 amide bonds. The van der Waals surface area contributed by atoms with Crippen LogP contribution in [0.4, 0.5) is 0 Å². The molecule has 0 radical (unpaired) electrons. The zero-order valence-electron chi connectivity index (χ0n) is 10.6. The number of carbonyl (C=O) groups excluding carboxylic acids is 2. The van der Waals surface area contributed by atoms with Crippen LogP contribution < -0.4 is 5.32 Å². The molecule has 0 spiro atoms. The lowest BCUT2D eigenvalue weighted by Gasteiger charge is -2.04. The number of thioether (sulfide) groups is 1. The van der Waals surface area contributed by atoms with Crippen LogP contribution in [-0.4, -0.2) is 23.2 Å². The van der Waals surface area contributed by atoms with Gasteiger partial charge in [-0.25, -0.2) is 0 Å². The maximum Gasteiger partial charge on any atom is 0.290 e. The van der Waals surface area contributed by atoms with Crippen molar-refractivity contribution >= 4 is 74.6 Å². The molecule has 0 aliphatic rings. The fourth-order valence-electron chi connectivity index (χ4n) is 1.32. The van der Waals surface area contributed by atoms with E-state index in [1.807, 2.05) is 0 Å². The van der Waals surface area contributed by atoms with Gasteiger partial charge in [-0.2, -0.15) is 4.99 Å². The van der Waals surface area contributed by atoms with Crippen molar-refractivity contribution < 1.29 is 9.59 Å². The minimum atomic E-state index is -0.489. The summed E-state index contributed by atoms with van der Waals surface area (Å²) in [4.78, 5) is 28.6. The predicted octanol–water partition coefficient (Wildman–Crippen LogP) is 4.41. The first-order valence-electron chi connectivity index (χ1n) is 5.47. The number of nitrogens with one attached hydrogen (secondary N) is 1. The summed E-state index contributed by atoms with van der Waals surface area (Å²) in [5.74, 6) is -0.884. The van der Waals surface area contributed by atoms with Crippen LogP contribution in [0.25, 0.3) is 0 Å². The standard InChI is InChI=1S/C12H8Cl2N2O2S3/c1-19-12(15-10(17)8-6(13)2-4-20-8)16-11(18)9-7(14)3-5-21-9/h2-5H,1H3,(H,15,16,17,18). The molecule has 0 fully saturated rings. The van der Waals surface area contributed by atoms with E-state index in [0.29, 0.717) is 19.8 Å². The van der Waals surface area contributed by atoms with Crippen molar-refractivity contribution in [2.75, 3.05) is 6.26 Å². The number of nitrogens with zero attached hydrogens (tertiary/aromatic N) is 1. The lowest BCUT2D eigenvalue weighted by Crippen LogP contribution is -2.28. The average Bonchev–Trinajstić information content (AvgIpc) is 3.06. The first-order chi connectivity index (χ1) is 10.0. The quantitative estimate of drug-likeness (QED) is 0.621. The minimum absolute atomic E-state index is 0.193. The molecule has 0 aliphatic carbocycles. The minimum Gasteiger partial charge on any atom is -0.300 e. The Morgan fingerprint density at radius 1 is 1.14 bits per heavy atom. The van der Waals surface area contributed by atoms with Gasteiger partial charge in [-0.05, 0) is 29.1 Å². The Kier molecular flexibility index (Phi) is 5.83. The van der Waals surface area contributed by atoms with Crippen LogP contribution in [0.15, 0.2) is 27.9 Å². The van der Waals surface area contributed by atoms with Crippen LogP contribution in [0.3, 0.4) is 0 Å². The summed E-state index contributed by atoms with van der Waals surface area (Å²) in [7, 11) is 0. The molecule has 0 saturated heterocycles. The SMILES string of the molecule is CSC(=NC(=O)c1sccc1Cl)NC(=O)c1sccc1Cl. The number of hydrogen-bond acceptors (Lipinski definition) is 5. The normalized spacial score (nSPS) is 11.5. The van der Waals surface area contributed by atoms with E-state index in [-0.39, 0.29) is 5.17 Å². The van der Waals surface area contributed by atoms with Gasteiger partial charge in [-0.1, -0.05) is 35.0 Å². The average molecular weight is 379 g/mol. The summed E-state index contributed by atoms with van der Waals surface area (Å²) < 4.78 is 0. The number of amidine groups is 1. The third kappa shape index (κ3) is 4.08. The molecule has 4 nitrogen and oxygen atoms in total. The molecule has 2 rings (SSSR count). The van der Waals surface area contributed by atoms with Gasteiger partial charge in [0.2, 0.25) is 0 Å². The second kappa shape index (κ2) is 7.42. The summed E-state index contributed by atoms with van der Waals surface area (Å²) in [5, 5.41) is 6.89. The Hall–Kier alpha value is -0.860. The van der Waals surface area contributed by atoms with Gasteiger partial charge in [-0.15, -0.1) is 22.7 Å². The van der Waals surface area contributed by atoms with Gasteiger partial charge < -0.3 is 5.32 Å². The van der Waals surface area contributed by atoms with Crippen molar-refractivity contribution in [3.63, 3.8) is 0 Å². The van der Waals surface area contributed by atoms with Gasteiger partial charge in [0, 0.05) is 0 Å². The van der Waals surface area contributed by atoms with Gasteiger partial charge in [0.1, 0.15) is 9.75 Å². The van der Waals surface area contributed by atoms with Crippen molar-refractivity contribution in [1.29, 1.82) is 0 Å². The summed E-state index contributed by atoms with van der Waals surface area (Å²) in [6.45, 7) is 0. The summed E-state index contributed by atoms with van der Waals surface area (Å²) >= 11 is 15.3. The first kappa shape index (κ1) is 16.5. The number of rotatable bonds is 2. The third-order valence-electron chi connectivity index (χ3n) is 2.25. The van der Waals surface area contributed by atoms with Crippen molar-refractivity contribution in [2.24, 2.45) is 4.99 Å². The highest BCUT2D eigenvalue weighted by Crippen LogP contribution is 2.24. The van der Waals surface area contributed by atoms with E-state index in [1.54, 1.807) is 29.1 Å². The Morgan fingerprint density at radius 2 is 1.71 bits per heavy atom. The zero-order valence-corrected chi connectivity index (χ0v) is 14.5. The number of halogens is 2. The van der Waals surface area contributed by atoms with Crippen LogP contribution in [0.1, 0.15) is 19.3 Å². The van der Waals surface area contributed by atoms with Gasteiger partial charge in [0.15, 0.2) is 5.17 Å². The van der Waals surface area contributed by atoms with Crippen molar-refractivity contribution in [2.45, 2.75) is 0 Å². The van der Waals surface area contributed by atoms with Crippen LogP contribution in [0, 0.1) is 0 Å². The first-order valence-corrected chi connectivity index (χ1v) is 9.21. The van der Waals surface area contributed by atoms with Crippen LogP contribution in [-0.2, 0) is 0 Å². The highest BCUT2D eigenvalue weighted by Gasteiger charge is 2.16. The highest BCUT2D eigenvalue weighted by molar-refractivity contribution is 8.13. The Balaban J connectivity index is 2.15. The van der Waals surface area contributed by atoms with Crippen LogP contribution >= 0.6 is 57.6 Å². The largest absolute Gasteiger partial charge is 0.300 e.